The average molecular weight is 238 g/mol. The van der Waals surface area contributed by atoms with Gasteiger partial charge in [0.25, 0.3) is 0 Å². The number of hydrogen-bond acceptors (Lipinski definition) is 4. The molecule has 1 unspecified atom stereocenters. The average Bonchev–Trinajstić information content (AvgIpc) is 2.67. The summed E-state index contributed by atoms with van der Waals surface area (Å²) in [6, 6.07) is 7.84. The Labute approximate surface area is 99.1 Å². The van der Waals surface area contributed by atoms with Crippen LogP contribution in [0.5, 0.6) is 5.75 Å². The van der Waals surface area contributed by atoms with Crippen molar-refractivity contribution in [2.75, 3.05) is 7.11 Å². The minimum Gasteiger partial charge on any atom is -0.474 e. The highest BCUT2D eigenvalue weighted by atomic mass is 32.2. The van der Waals surface area contributed by atoms with Gasteiger partial charge >= 0.3 is 5.97 Å². The SMILES string of the molecule is CCC1(CC(=O)OC)Oc2ccccc2S1. The monoisotopic (exact) mass is 238 g/mol. The molecule has 0 saturated carbocycles. The number of fused-ring (bicyclic) bond motifs is 1. The van der Waals surface area contributed by atoms with Gasteiger partial charge in [-0.1, -0.05) is 30.8 Å². The maximum Gasteiger partial charge on any atom is 0.310 e. The van der Waals surface area contributed by atoms with Crippen LogP contribution in [0.4, 0.5) is 0 Å². The van der Waals surface area contributed by atoms with Crippen molar-refractivity contribution in [3.05, 3.63) is 24.3 Å². The van der Waals surface area contributed by atoms with Gasteiger partial charge in [0.2, 0.25) is 0 Å². The number of ether oxygens (including phenoxy) is 2. The number of benzene rings is 1. The number of carbonyl (C=O) groups excluding carboxylic acids is 1. The molecule has 0 amide bonds. The van der Waals surface area contributed by atoms with Crippen molar-refractivity contribution in [1.82, 2.24) is 0 Å². The Kier molecular flexibility index (Phi) is 3.10. The van der Waals surface area contributed by atoms with E-state index in [0.717, 1.165) is 17.1 Å². The van der Waals surface area contributed by atoms with Gasteiger partial charge < -0.3 is 9.47 Å². The van der Waals surface area contributed by atoms with Crippen LogP contribution in [0.15, 0.2) is 29.2 Å². The lowest BCUT2D eigenvalue weighted by molar-refractivity contribution is -0.143. The summed E-state index contributed by atoms with van der Waals surface area (Å²) in [6.45, 7) is 2.02. The highest BCUT2D eigenvalue weighted by molar-refractivity contribution is 8.00. The first-order chi connectivity index (χ1) is 7.69. The summed E-state index contributed by atoms with van der Waals surface area (Å²) in [6.07, 6.45) is 1.04. The van der Waals surface area contributed by atoms with Gasteiger partial charge in [-0.05, 0) is 18.6 Å². The van der Waals surface area contributed by atoms with Gasteiger partial charge in [-0.25, -0.2) is 0 Å². The molecule has 0 aromatic heterocycles. The second-order valence-electron chi connectivity index (χ2n) is 3.67. The van der Waals surface area contributed by atoms with Crippen LogP contribution in [0.1, 0.15) is 19.8 Å². The number of methoxy groups -OCH3 is 1. The molecule has 0 aliphatic carbocycles. The van der Waals surface area contributed by atoms with Crippen LogP contribution in [-0.2, 0) is 9.53 Å². The van der Waals surface area contributed by atoms with Gasteiger partial charge in [-0.15, -0.1) is 0 Å². The molecule has 3 nitrogen and oxygen atoms in total. The van der Waals surface area contributed by atoms with Crippen molar-refractivity contribution in [3.63, 3.8) is 0 Å². The topological polar surface area (TPSA) is 35.5 Å². The smallest absolute Gasteiger partial charge is 0.310 e. The third-order valence-electron chi connectivity index (χ3n) is 2.62. The minimum absolute atomic E-state index is 0.234. The standard InChI is InChI=1S/C12H14O3S/c1-3-12(8-11(13)14-2)15-9-6-4-5-7-10(9)16-12/h4-7H,3,8H2,1-2H3. The zero-order chi connectivity index (χ0) is 11.6. The first kappa shape index (κ1) is 11.3. The molecule has 1 aliphatic rings. The predicted octanol–water partition coefficient (Wildman–Crippen LogP) is 2.84. The molecule has 0 spiro atoms. The van der Waals surface area contributed by atoms with E-state index in [4.69, 9.17) is 9.47 Å². The molecular weight excluding hydrogens is 224 g/mol. The molecule has 86 valence electrons. The second kappa shape index (κ2) is 4.37. The second-order valence-corrected chi connectivity index (χ2v) is 5.06. The number of thioether (sulfide) groups is 1. The van der Waals surface area contributed by atoms with E-state index in [1.165, 1.54) is 7.11 Å². The summed E-state index contributed by atoms with van der Waals surface area (Å²) in [5.74, 6) is 0.625. The number of hydrogen-bond donors (Lipinski definition) is 0. The Morgan fingerprint density at radius 2 is 2.25 bits per heavy atom. The molecule has 1 atom stereocenters. The van der Waals surface area contributed by atoms with E-state index in [-0.39, 0.29) is 12.4 Å². The third kappa shape index (κ3) is 2.02. The molecule has 0 saturated heterocycles. The highest BCUT2D eigenvalue weighted by Crippen LogP contribution is 2.50. The lowest BCUT2D eigenvalue weighted by atomic mass is 10.2. The Balaban J connectivity index is 2.19. The minimum atomic E-state index is -0.489. The normalized spacial score (nSPS) is 22.4. The van der Waals surface area contributed by atoms with E-state index in [1.807, 2.05) is 31.2 Å². The molecular formula is C12H14O3S. The largest absolute Gasteiger partial charge is 0.474 e. The van der Waals surface area contributed by atoms with E-state index >= 15 is 0 Å². The molecule has 0 bridgehead atoms. The van der Waals surface area contributed by atoms with Gasteiger partial charge in [-0.2, -0.15) is 0 Å². The van der Waals surface area contributed by atoms with Gasteiger partial charge in [-0.3, -0.25) is 4.79 Å². The van der Waals surface area contributed by atoms with Crippen LogP contribution in [0.3, 0.4) is 0 Å². The Bertz CT molecular complexity index is 378. The molecule has 0 radical (unpaired) electrons. The molecule has 16 heavy (non-hydrogen) atoms. The molecule has 2 rings (SSSR count). The van der Waals surface area contributed by atoms with E-state index in [0.29, 0.717) is 0 Å². The lowest BCUT2D eigenvalue weighted by Gasteiger charge is -2.24. The molecule has 1 aromatic carbocycles. The van der Waals surface area contributed by atoms with Gasteiger partial charge in [0.15, 0.2) is 4.93 Å². The Morgan fingerprint density at radius 1 is 1.50 bits per heavy atom. The fourth-order valence-electron chi connectivity index (χ4n) is 1.67. The molecule has 1 aliphatic heterocycles. The number of carbonyl (C=O) groups is 1. The lowest BCUT2D eigenvalue weighted by Crippen LogP contribution is -2.31. The summed E-state index contributed by atoms with van der Waals surface area (Å²) in [5.41, 5.74) is 0. The third-order valence-corrected chi connectivity index (χ3v) is 4.07. The van der Waals surface area contributed by atoms with Crippen LogP contribution < -0.4 is 4.74 Å². The summed E-state index contributed by atoms with van der Waals surface area (Å²) >= 11 is 1.60. The number of esters is 1. The van der Waals surface area contributed by atoms with Crippen molar-refractivity contribution >= 4 is 17.7 Å². The van der Waals surface area contributed by atoms with Gasteiger partial charge in [0.05, 0.1) is 18.4 Å². The molecule has 0 fully saturated rings. The van der Waals surface area contributed by atoms with Crippen molar-refractivity contribution in [3.8, 4) is 5.75 Å². The Hall–Kier alpha value is -1.16. The maximum absolute atomic E-state index is 11.4. The van der Waals surface area contributed by atoms with Crippen molar-refractivity contribution in [2.45, 2.75) is 29.6 Å². The number of rotatable bonds is 3. The van der Waals surface area contributed by atoms with Gasteiger partial charge in [0.1, 0.15) is 5.75 Å². The van der Waals surface area contributed by atoms with Crippen molar-refractivity contribution < 1.29 is 14.3 Å². The Morgan fingerprint density at radius 3 is 2.88 bits per heavy atom. The van der Waals surface area contributed by atoms with Crippen molar-refractivity contribution in [2.24, 2.45) is 0 Å². The van der Waals surface area contributed by atoms with Crippen LogP contribution in [0.25, 0.3) is 0 Å². The van der Waals surface area contributed by atoms with Crippen LogP contribution in [-0.4, -0.2) is 18.0 Å². The van der Waals surface area contributed by atoms with Crippen LogP contribution >= 0.6 is 11.8 Å². The zero-order valence-electron chi connectivity index (χ0n) is 9.36. The van der Waals surface area contributed by atoms with E-state index in [2.05, 4.69) is 0 Å². The molecule has 0 N–H and O–H groups in total. The summed E-state index contributed by atoms with van der Waals surface area (Å²) in [5, 5.41) is 0. The molecule has 1 aromatic rings. The van der Waals surface area contributed by atoms with E-state index in [9.17, 15) is 4.79 Å². The summed E-state index contributed by atoms with van der Waals surface area (Å²) < 4.78 is 10.6. The fraction of sp³-hybridized carbons (Fsp3) is 0.417. The maximum atomic E-state index is 11.4. The summed E-state index contributed by atoms with van der Waals surface area (Å²) in [7, 11) is 1.40. The highest BCUT2D eigenvalue weighted by Gasteiger charge is 2.41. The molecule has 4 heteroatoms. The fourth-order valence-corrected chi connectivity index (χ4v) is 2.90. The quantitative estimate of drug-likeness (QED) is 0.759. The first-order valence-electron chi connectivity index (χ1n) is 5.23. The number of para-hydroxylation sites is 1. The van der Waals surface area contributed by atoms with Gasteiger partial charge in [0, 0.05) is 0 Å². The van der Waals surface area contributed by atoms with E-state index in [1.54, 1.807) is 11.8 Å². The summed E-state index contributed by atoms with van der Waals surface area (Å²) in [4.78, 5) is 12.0. The first-order valence-corrected chi connectivity index (χ1v) is 6.04. The predicted molar refractivity (Wildman–Crippen MR) is 62.6 cm³/mol. The van der Waals surface area contributed by atoms with Crippen molar-refractivity contribution in [1.29, 1.82) is 0 Å². The van der Waals surface area contributed by atoms with E-state index < -0.39 is 4.93 Å². The van der Waals surface area contributed by atoms with Crippen LogP contribution in [0.2, 0.25) is 0 Å². The van der Waals surface area contributed by atoms with Crippen LogP contribution in [0, 0.1) is 0 Å². The molecule has 1 heterocycles. The zero-order valence-corrected chi connectivity index (χ0v) is 10.2.